The second-order valence-electron chi connectivity index (χ2n) is 5.25. The Balaban J connectivity index is 2.07. The van der Waals surface area contributed by atoms with Gasteiger partial charge in [0.25, 0.3) is 11.8 Å². The number of amides is 2. The van der Waals surface area contributed by atoms with Crippen LogP contribution in [0.5, 0.6) is 0 Å². The first-order valence-electron chi connectivity index (χ1n) is 7.46. The number of halogens is 1. The van der Waals surface area contributed by atoms with Gasteiger partial charge in [-0.2, -0.15) is 0 Å². The normalized spacial score (nSPS) is 10.3. The molecule has 2 aromatic carbocycles. The number of benzene rings is 2. The number of carbonyl (C=O) groups is 2. The van der Waals surface area contributed by atoms with Gasteiger partial charge in [0.15, 0.2) is 0 Å². The highest BCUT2D eigenvalue weighted by Gasteiger charge is 2.10. The highest BCUT2D eigenvalue weighted by molar-refractivity contribution is 14.1. The van der Waals surface area contributed by atoms with E-state index in [1.54, 1.807) is 37.4 Å². The Morgan fingerprint density at radius 2 is 1.83 bits per heavy atom. The van der Waals surface area contributed by atoms with E-state index in [0.717, 1.165) is 9.13 Å². The number of ether oxygens (including phenoxy) is 1. The molecule has 2 amide bonds. The Labute approximate surface area is 154 Å². The molecular weight excluding hydrogens is 419 g/mol. The number of hydrogen-bond donors (Lipinski definition) is 2. The monoisotopic (exact) mass is 438 g/mol. The van der Waals surface area contributed by atoms with Crippen LogP contribution in [0, 0.1) is 10.5 Å². The average molecular weight is 438 g/mol. The van der Waals surface area contributed by atoms with Crippen molar-refractivity contribution in [1.29, 1.82) is 0 Å². The Morgan fingerprint density at radius 1 is 1.08 bits per heavy atom. The zero-order chi connectivity index (χ0) is 17.5. The molecule has 0 atom stereocenters. The molecule has 0 aliphatic heterocycles. The third-order valence-electron chi connectivity index (χ3n) is 3.41. The van der Waals surface area contributed by atoms with Crippen molar-refractivity contribution in [3.63, 3.8) is 0 Å². The molecule has 0 fully saturated rings. The minimum Gasteiger partial charge on any atom is -0.383 e. The van der Waals surface area contributed by atoms with Gasteiger partial charge in [0.2, 0.25) is 0 Å². The molecule has 0 heterocycles. The van der Waals surface area contributed by atoms with Crippen molar-refractivity contribution in [1.82, 2.24) is 5.32 Å². The molecule has 6 heteroatoms. The number of hydrogen-bond acceptors (Lipinski definition) is 3. The van der Waals surface area contributed by atoms with Crippen molar-refractivity contribution in [2.45, 2.75) is 6.92 Å². The molecule has 0 bridgehead atoms. The maximum atomic E-state index is 12.3. The highest BCUT2D eigenvalue weighted by Crippen LogP contribution is 2.16. The van der Waals surface area contributed by atoms with Crippen LogP contribution in [0.4, 0.5) is 5.69 Å². The minimum atomic E-state index is -0.204. The maximum Gasteiger partial charge on any atom is 0.255 e. The molecule has 2 N–H and O–H groups in total. The number of carbonyl (C=O) groups excluding carboxylic acids is 2. The second kappa shape index (κ2) is 8.79. The van der Waals surface area contributed by atoms with Crippen LogP contribution in [-0.2, 0) is 4.74 Å². The Bertz CT molecular complexity index is 747. The molecular formula is C18H19IN2O3. The third-order valence-corrected chi connectivity index (χ3v) is 4.57. The molecule has 0 saturated heterocycles. The van der Waals surface area contributed by atoms with E-state index < -0.39 is 0 Å². The first-order valence-corrected chi connectivity index (χ1v) is 8.54. The molecule has 0 saturated carbocycles. The smallest absolute Gasteiger partial charge is 0.255 e. The van der Waals surface area contributed by atoms with Gasteiger partial charge in [0.05, 0.1) is 6.61 Å². The molecule has 0 spiro atoms. The van der Waals surface area contributed by atoms with Gasteiger partial charge in [0, 0.05) is 34.0 Å². The van der Waals surface area contributed by atoms with Crippen molar-refractivity contribution in [2.75, 3.05) is 25.6 Å². The van der Waals surface area contributed by atoms with Crippen molar-refractivity contribution < 1.29 is 14.3 Å². The molecule has 2 aromatic rings. The first-order chi connectivity index (χ1) is 11.5. The fourth-order valence-electron chi connectivity index (χ4n) is 2.04. The molecule has 0 aliphatic carbocycles. The molecule has 5 nitrogen and oxygen atoms in total. The summed E-state index contributed by atoms with van der Waals surface area (Å²) < 4.78 is 5.93. The predicted octanol–water partition coefficient (Wildman–Crippen LogP) is 3.23. The molecule has 0 aliphatic rings. The van der Waals surface area contributed by atoms with Crippen molar-refractivity contribution in [3.05, 3.63) is 62.7 Å². The molecule has 24 heavy (non-hydrogen) atoms. The SMILES string of the molecule is COCCNC(=O)c1cccc(NC(=O)c2ccc(C)c(I)c2)c1. The van der Waals surface area contributed by atoms with E-state index in [2.05, 4.69) is 33.2 Å². The highest BCUT2D eigenvalue weighted by atomic mass is 127. The Hall–Kier alpha value is -1.93. The summed E-state index contributed by atoms with van der Waals surface area (Å²) in [7, 11) is 1.58. The zero-order valence-corrected chi connectivity index (χ0v) is 15.7. The van der Waals surface area contributed by atoms with Crippen LogP contribution in [0.25, 0.3) is 0 Å². The quantitative estimate of drug-likeness (QED) is 0.538. The molecule has 0 aromatic heterocycles. The number of methoxy groups -OCH3 is 1. The van der Waals surface area contributed by atoms with Crippen molar-refractivity contribution >= 4 is 40.1 Å². The maximum absolute atomic E-state index is 12.3. The van der Waals surface area contributed by atoms with Crippen LogP contribution < -0.4 is 10.6 Å². The summed E-state index contributed by atoms with van der Waals surface area (Å²) >= 11 is 2.20. The van der Waals surface area contributed by atoms with E-state index >= 15 is 0 Å². The predicted molar refractivity (Wildman–Crippen MR) is 103 cm³/mol. The van der Waals surface area contributed by atoms with Crippen molar-refractivity contribution in [3.8, 4) is 0 Å². The van der Waals surface area contributed by atoms with E-state index in [0.29, 0.717) is 30.0 Å². The second-order valence-corrected chi connectivity index (χ2v) is 6.41. The van der Waals surface area contributed by atoms with Crippen LogP contribution in [0.1, 0.15) is 26.3 Å². The van der Waals surface area contributed by atoms with Gasteiger partial charge < -0.3 is 15.4 Å². The van der Waals surface area contributed by atoms with Gasteiger partial charge >= 0.3 is 0 Å². The fourth-order valence-corrected chi connectivity index (χ4v) is 2.56. The summed E-state index contributed by atoms with van der Waals surface area (Å²) in [5.74, 6) is -0.405. The lowest BCUT2D eigenvalue weighted by Gasteiger charge is -2.09. The van der Waals surface area contributed by atoms with Gasteiger partial charge in [0.1, 0.15) is 0 Å². The summed E-state index contributed by atoms with van der Waals surface area (Å²) in [5, 5.41) is 5.57. The lowest BCUT2D eigenvalue weighted by atomic mass is 10.1. The molecule has 2 rings (SSSR count). The number of rotatable bonds is 6. The third kappa shape index (κ3) is 5.04. The summed E-state index contributed by atoms with van der Waals surface area (Å²) in [6, 6.07) is 12.4. The topological polar surface area (TPSA) is 67.4 Å². The van der Waals surface area contributed by atoms with E-state index in [9.17, 15) is 9.59 Å². The molecule has 126 valence electrons. The van der Waals surface area contributed by atoms with Gasteiger partial charge in [-0.05, 0) is 65.4 Å². The van der Waals surface area contributed by atoms with Crippen LogP contribution >= 0.6 is 22.6 Å². The standard InChI is InChI=1S/C18H19IN2O3/c1-12-6-7-14(11-16(12)19)18(23)21-15-5-3-4-13(10-15)17(22)20-8-9-24-2/h3-7,10-11H,8-9H2,1-2H3,(H,20,22)(H,21,23). The van der Waals surface area contributed by atoms with Crippen molar-refractivity contribution in [2.24, 2.45) is 0 Å². The lowest BCUT2D eigenvalue weighted by Crippen LogP contribution is -2.27. The van der Waals surface area contributed by atoms with Gasteiger partial charge in [-0.25, -0.2) is 0 Å². The summed E-state index contributed by atoms with van der Waals surface area (Å²) in [6.07, 6.45) is 0. The minimum absolute atomic E-state index is 0.201. The first kappa shape index (κ1) is 18.4. The largest absolute Gasteiger partial charge is 0.383 e. The van der Waals surface area contributed by atoms with Crippen LogP contribution in [0.15, 0.2) is 42.5 Å². The zero-order valence-electron chi connectivity index (χ0n) is 13.6. The molecule has 0 radical (unpaired) electrons. The van der Waals surface area contributed by atoms with Crippen LogP contribution in [0.3, 0.4) is 0 Å². The molecule has 0 unspecified atom stereocenters. The van der Waals surface area contributed by atoms with E-state index in [1.165, 1.54) is 0 Å². The van der Waals surface area contributed by atoms with Crippen LogP contribution in [-0.4, -0.2) is 32.1 Å². The van der Waals surface area contributed by atoms with Crippen LogP contribution in [0.2, 0.25) is 0 Å². The Morgan fingerprint density at radius 3 is 2.54 bits per heavy atom. The fraction of sp³-hybridized carbons (Fsp3) is 0.222. The number of anilines is 1. The van der Waals surface area contributed by atoms with Gasteiger partial charge in [-0.3, -0.25) is 9.59 Å². The lowest BCUT2D eigenvalue weighted by molar-refractivity contribution is 0.0936. The summed E-state index contributed by atoms with van der Waals surface area (Å²) in [4.78, 5) is 24.4. The van der Waals surface area contributed by atoms with Gasteiger partial charge in [-0.1, -0.05) is 12.1 Å². The summed E-state index contributed by atoms with van der Waals surface area (Å²) in [5.41, 5.74) is 2.78. The van der Waals surface area contributed by atoms with E-state index in [4.69, 9.17) is 4.74 Å². The average Bonchev–Trinajstić information content (AvgIpc) is 2.57. The number of aryl methyl sites for hydroxylation is 1. The van der Waals surface area contributed by atoms with E-state index in [1.807, 2.05) is 19.1 Å². The Kier molecular flexibility index (Phi) is 6.74. The van der Waals surface area contributed by atoms with E-state index in [-0.39, 0.29) is 11.8 Å². The van der Waals surface area contributed by atoms with Gasteiger partial charge in [-0.15, -0.1) is 0 Å². The number of nitrogens with one attached hydrogen (secondary N) is 2. The summed E-state index contributed by atoms with van der Waals surface area (Å²) in [6.45, 7) is 2.89.